The molecule has 0 amide bonds. The molecule has 0 radical (unpaired) electrons. The van der Waals surface area contributed by atoms with Crippen LogP contribution in [0.1, 0.15) is 11.1 Å². The molecule has 0 aliphatic heterocycles. The molecule has 0 spiro atoms. The van der Waals surface area contributed by atoms with E-state index in [1.54, 1.807) is 12.1 Å². The first-order valence-electron chi connectivity index (χ1n) is 6.12. The van der Waals surface area contributed by atoms with E-state index in [1.807, 2.05) is 24.3 Å². The highest BCUT2D eigenvalue weighted by molar-refractivity contribution is 5.46. The van der Waals surface area contributed by atoms with Crippen LogP contribution in [-0.4, -0.2) is 4.92 Å². The summed E-state index contributed by atoms with van der Waals surface area (Å²) in [6.07, 6.45) is 0.405. The van der Waals surface area contributed by atoms with Gasteiger partial charge in [-0.1, -0.05) is 24.3 Å². The smallest absolute Gasteiger partial charge is 0.269 e. The maximum atomic E-state index is 10.5. The maximum Gasteiger partial charge on any atom is 0.269 e. The normalized spacial score (nSPS) is 9.75. The molecule has 5 heteroatoms. The molecule has 2 aromatic rings. The first-order chi connectivity index (χ1) is 9.69. The Morgan fingerprint density at radius 3 is 2.20 bits per heavy atom. The van der Waals surface area contributed by atoms with Crippen LogP contribution in [-0.2, 0) is 13.0 Å². The zero-order chi connectivity index (χ0) is 14.4. The zero-order valence-corrected chi connectivity index (χ0v) is 10.7. The minimum Gasteiger partial charge on any atom is -0.381 e. The van der Waals surface area contributed by atoms with Gasteiger partial charge in [-0.3, -0.25) is 10.1 Å². The Morgan fingerprint density at radius 1 is 1.05 bits per heavy atom. The number of non-ortho nitro benzene ring substituents is 1. The van der Waals surface area contributed by atoms with Gasteiger partial charge in [0, 0.05) is 24.4 Å². The van der Waals surface area contributed by atoms with Gasteiger partial charge in [0.15, 0.2) is 0 Å². The van der Waals surface area contributed by atoms with Crippen molar-refractivity contribution < 1.29 is 4.92 Å². The highest BCUT2D eigenvalue weighted by Gasteiger charge is 2.03. The molecule has 5 nitrogen and oxygen atoms in total. The fourth-order valence-corrected chi connectivity index (χ4v) is 1.77. The van der Waals surface area contributed by atoms with Gasteiger partial charge in [-0.25, -0.2) is 0 Å². The van der Waals surface area contributed by atoms with Gasteiger partial charge in [-0.2, -0.15) is 5.26 Å². The Labute approximate surface area is 116 Å². The Morgan fingerprint density at radius 2 is 1.65 bits per heavy atom. The molecule has 1 N–H and O–H groups in total. The minimum absolute atomic E-state index is 0.0922. The van der Waals surface area contributed by atoms with Crippen LogP contribution in [0.5, 0.6) is 0 Å². The molecular weight excluding hydrogens is 254 g/mol. The van der Waals surface area contributed by atoms with E-state index in [-0.39, 0.29) is 5.69 Å². The number of nitrogens with one attached hydrogen (secondary N) is 1. The van der Waals surface area contributed by atoms with E-state index in [2.05, 4.69) is 11.4 Å². The maximum absolute atomic E-state index is 10.5. The monoisotopic (exact) mass is 267 g/mol. The van der Waals surface area contributed by atoms with Crippen molar-refractivity contribution in [3.8, 4) is 6.07 Å². The van der Waals surface area contributed by atoms with E-state index in [0.717, 1.165) is 16.8 Å². The van der Waals surface area contributed by atoms with Crippen molar-refractivity contribution in [2.75, 3.05) is 5.32 Å². The average Bonchev–Trinajstić information content (AvgIpc) is 2.47. The Balaban J connectivity index is 1.94. The first kappa shape index (κ1) is 13.6. The molecular formula is C15H13N3O2. The number of rotatable bonds is 5. The standard InChI is InChI=1S/C15H13N3O2/c16-10-9-12-1-5-14(6-2-12)17-11-13-3-7-15(8-4-13)18(19)20/h1-8,17H,9,11H2. The first-order valence-corrected chi connectivity index (χ1v) is 6.12. The van der Waals surface area contributed by atoms with Gasteiger partial charge in [-0.15, -0.1) is 0 Å². The van der Waals surface area contributed by atoms with Gasteiger partial charge in [0.2, 0.25) is 0 Å². The van der Waals surface area contributed by atoms with Crippen molar-refractivity contribution in [1.82, 2.24) is 0 Å². The largest absolute Gasteiger partial charge is 0.381 e. The van der Waals surface area contributed by atoms with Crippen LogP contribution in [0.15, 0.2) is 48.5 Å². The van der Waals surface area contributed by atoms with E-state index in [4.69, 9.17) is 5.26 Å². The molecule has 0 bridgehead atoms. The molecule has 0 aliphatic rings. The topological polar surface area (TPSA) is 79.0 Å². The molecule has 0 unspecified atom stereocenters. The number of anilines is 1. The zero-order valence-electron chi connectivity index (χ0n) is 10.7. The van der Waals surface area contributed by atoms with Crippen LogP contribution in [0, 0.1) is 21.4 Å². The van der Waals surface area contributed by atoms with E-state index < -0.39 is 4.92 Å². The third-order valence-electron chi connectivity index (χ3n) is 2.88. The molecule has 0 aromatic heterocycles. The molecule has 100 valence electrons. The Kier molecular flexibility index (Phi) is 4.30. The van der Waals surface area contributed by atoms with E-state index in [9.17, 15) is 10.1 Å². The van der Waals surface area contributed by atoms with Crippen molar-refractivity contribution in [2.24, 2.45) is 0 Å². The van der Waals surface area contributed by atoms with Crippen LogP contribution in [0.2, 0.25) is 0 Å². The molecule has 0 saturated heterocycles. The second kappa shape index (κ2) is 6.34. The third-order valence-corrected chi connectivity index (χ3v) is 2.88. The van der Waals surface area contributed by atoms with Crippen molar-refractivity contribution in [2.45, 2.75) is 13.0 Å². The Bertz CT molecular complexity index is 628. The van der Waals surface area contributed by atoms with Gasteiger partial charge in [0.1, 0.15) is 0 Å². The summed E-state index contributed by atoms with van der Waals surface area (Å²) in [6, 6.07) is 16.2. The lowest BCUT2D eigenvalue weighted by atomic mass is 10.1. The van der Waals surface area contributed by atoms with Crippen LogP contribution < -0.4 is 5.32 Å². The number of benzene rings is 2. The average molecular weight is 267 g/mol. The number of nitriles is 1. The van der Waals surface area contributed by atoms with Crippen LogP contribution in [0.3, 0.4) is 0 Å². The van der Waals surface area contributed by atoms with Gasteiger partial charge in [0.25, 0.3) is 5.69 Å². The molecule has 20 heavy (non-hydrogen) atoms. The number of hydrogen-bond donors (Lipinski definition) is 1. The van der Waals surface area contributed by atoms with E-state index in [1.165, 1.54) is 12.1 Å². The second-order valence-corrected chi connectivity index (χ2v) is 4.31. The van der Waals surface area contributed by atoms with Crippen molar-refractivity contribution in [3.05, 3.63) is 69.8 Å². The molecule has 2 aromatic carbocycles. The summed E-state index contributed by atoms with van der Waals surface area (Å²) in [4.78, 5) is 10.1. The van der Waals surface area contributed by atoms with Crippen molar-refractivity contribution in [1.29, 1.82) is 5.26 Å². The number of hydrogen-bond acceptors (Lipinski definition) is 4. The highest BCUT2D eigenvalue weighted by atomic mass is 16.6. The fourth-order valence-electron chi connectivity index (χ4n) is 1.77. The summed E-state index contributed by atoms with van der Waals surface area (Å²) in [5.74, 6) is 0. The quantitative estimate of drug-likeness (QED) is 0.666. The summed E-state index contributed by atoms with van der Waals surface area (Å²) in [5.41, 5.74) is 2.99. The van der Waals surface area contributed by atoms with Crippen LogP contribution in [0.4, 0.5) is 11.4 Å². The summed E-state index contributed by atoms with van der Waals surface area (Å²) >= 11 is 0. The van der Waals surface area contributed by atoms with Gasteiger partial charge >= 0.3 is 0 Å². The lowest BCUT2D eigenvalue weighted by Crippen LogP contribution is -1.99. The SMILES string of the molecule is N#CCc1ccc(NCc2ccc([N+](=O)[O-])cc2)cc1. The molecule has 0 saturated carbocycles. The van der Waals surface area contributed by atoms with Crippen molar-refractivity contribution in [3.63, 3.8) is 0 Å². The molecule has 2 rings (SSSR count). The predicted molar refractivity (Wildman–Crippen MR) is 76.2 cm³/mol. The molecule has 0 fully saturated rings. The minimum atomic E-state index is -0.412. The lowest BCUT2D eigenvalue weighted by molar-refractivity contribution is -0.384. The lowest BCUT2D eigenvalue weighted by Gasteiger charge is -2.07. The molecule has 0 aliphatic carbocycles. The van der Waals surface area contributed by atoms with Crippen LogP contribution >= 0.6 is 0 Å². The van der Waals surface area contributed by atoms with Gasteiger partial charge in [-0.05, 0) is 23.3 Å². The fraction of sp³-hybridized carbons (Fsp3) is 0.133. The number of nitrogens with zero attached hydrogens (tertiary/aromatic N) is 2. The van der Waals surface area contributed by atoms with Crippen LogP contribution in [0.25, 0.3) is 0 Å². The molecule has 0 atom stereocenters. The summed E-state index contributed by atoms with van der Waals surface area (Å²) < 4.78 is 0. The van der Waals surface area contributed by atoms with E-state index >= 15 is 0 Å². The molecule has 0 heterocycles. The van der Waals surface area contributed by atoms with Gasteiger partial charge in [0.05, 0.1) is 17.4 Å². The van der Waals surface area contributed by atoms with Crippen molar-refractivity contribution >= 4 is 11.4 Å². The number of nitro benzene ring substituents is 1. The van der Waals surface area contributed by atoms with Gasteiger partial charge < -0.3 is 5.32 Å². The second-order valence-electron chi connectivity index (χ2n) is 4.31. The summed E-state index contributed by atoms with van der Waals surface area (Å²) in [6.45, 7) is 0.593. The Hall–Kier alpha value is -2.87. The number of nitro groups is 1. The summed E-state index contributed by atoms with van der Waals surface area (Å²) in [5, 5.41) is 22.4. The van der Waals surface area contributed by atoms with E-state index in [0.29, 0.717) is 13.0 Å². The summed E-state index contributed by atoms with van der Waals surface area (Å²) in [7, 11) is 0. The predicted octanol–water partition coefficient (Wildman–Crippen LogP) is 3.27. The third kappa shape index (κ3) is 3.56. The highest BCUT2D eigenvalue weighted by Crippen LogP contribution is 2.14.